The number of unbranched alkanes of at least 4 members (excludes halogenated alkanes) is 3. The van der Waals surface area contributed by atoms with Crippen LogP contribution < -0.4 is 0 Å². The molecular weight excluding hydrogens is 276 g/mol. The molecule has 0 aromatic heterocycles. The zero-order valence-corrected chi connectivity index (χ0v) is 14.7. The maximum absolute atomic E-state index is 2.42. The Bertz CT molecular complexity index is 751. The highest BCUT2D eigenvalue weighted by atomic mass is 14.1. The molecule has 120 valence electrons. The van der Waals surface area contributed by atoms with Crippen LogP contribution in [0.4, 0.5) is 0 Å². The highest BCUT2D eigenvalue weighted by Gasteiger charge is 2.10. The van der Waals surface area contributed by atoms with Crippen molar-refractivity contribution in [3.05, 3.63) is 59.7 Å². The van der Waals surface area contributed by atoms with E-state index in [0.29, 0.717) is 5.92 Å². The summed E-state index contributed by atoms with van der Waals surface area (Å²) in [7, 11) is 0. The van der Waals surface area contributed by atoms with Crippen LogP contribution in [0.3, 0.4) is 0 Å². The second kappa shape index (κ2) is 7.17. The first-order valence-electron chi connectivity index (χ1n) is 9.14. The van der Waals surface area contributed by atoms with Gasteiger partial charge in [0.2, 0.25) is 0 Å². The van der Waals surface area contributed by atoms with Gasteiger partial charge in [0.15, 0.2) is 0 Å². The maximum Gasteiger partial charge on any atom is -0.0102 e. The van der Waals surface area contributed by atoms with Crippen molar-refractivity contribution < 1.29 is 0 Å². The molecule has 0 heterocycles. The first-order valence-corrected chi connectivity index (χ1v) is 9.14. The lowest BCUT2D eigenvalue weighted by Crippen LogP contribution is -1.85. The van der Waals surface area contributed by atoms with Crippen LogP contribution in [0.2, 0.25) is 0 Å². The summed E-state index contributed by atoms with van der Waals surface area (Å²) in [5, 5.41) is 2.79. The molecule has 0 heteroatoms. The topological polar surface area (TPSA) is 0 Å². The van der Waals surface area contributed by atoms with E-state index in [0.717, 1.165) is 0 Å². The van der Waals surface area contributed by atoms with Gasteiger partial charge in [0, 0.05) is 0 Å². The number of hydrogen-bond acceptors (Lipinski definition) is 0. The largest absolute Gasteiger partial charge is 0.0654 e. The van der Waals surface area contributed by atoms with Crippen LogP contribution in [0.5, 0.6) is 0 Å². The van der Waals surface area contributed by atoms with Crippen LogP contribution in [0.25, 0.3) is 21.9 Å². The molecule has 0 saturated carbocycles. The third-order valence-electron chi connectivity index (χ3n) is 4.91. The molecular formula is C23H28. The normalized spacial score (nSPS) is 11.7. The predicted octanol–water partition coefficient (Wildman–Crippen LogP) is 7.19. The van der Waals surface area contributed by atoms with Crippen molar-refractivity contribution in [2.24, 2.45) is 0 Å². The van der Waals surface area contributed by atoms with E-state index in [1.807, 2.05) is 0 Å². The Hall–Kier alpha value is -1.82. The Kier molecular flexibility index (Phi) is 5.00. The summed E-state index contributed by atoms with van der Waals surface area (Å²) in [5.41, 5.74) is 5.64. The molecule has 23 heavy (non-hydrogen) atoms. The zero-order chi connectivity index (χ0) is 16.2. The van der Waals surface area contributed by atoms with Gasteiger partial charge in [-0.3, -0.25) is 0 Å². The van der Waals surface area contributed by atoms with Crippen molar-refractivity contribution in [1.82, 2.24) is 0 Å². The van der Waals surface area contributed by atoms with Gasteiger partial charge in [-0.25, -0.2) is 0 Å². The summed E-state index contributed by atoms with van der Waals surface area (Å²) in [6.45, 7) is 6.78. The molecule has 2 aliphatic rings. The fraction of sp³-hybridized carbons (Fsp3) is 0.391. The van der Waals surface area contributed by atoms with Gasteiger partial charge in [0.1, 0.15) is 0 Å². The number of hydrogen-bond donors (Lipinski definition) is 0. The van der Waals surface area contributed by atoms with E-state index in [-0.39, 0.29) is 0 Å². The molecule has 0 unspecified atom stereocenters. The minimum absolute atomic E-state index is 0.576. The molecule has 0 spiro atoms. The fourth-order valence-electron chi connectivity index (χ4n) is 3.40. The second-order valence-electron chi connectivity index (χ2n) is 7.07. The predicted molar refractivity (Wildman–Crippen MR) is 103 cm³/mol. The maximum atomic E-state index is 2.42. The molecule has 0 aliphatic heterocycles. The summed E-state index contributed by atoms with van der Waals surface area (Å²) in [6, 6.07) is 18.5. The summed E-state index contributed by atoms with van der Waals surface area (Å²) < 4.78 is 0. The Morgan fingerprint density at radius 1 is 0.826 bits per heavy atom. The highest BCUT2D eigenvalue weighted by Crippen LogP contribution is 2.35. The van der Waals surface area contributed by atoms with Crippen molar-refractivity contribution in [1.29, 1.82) is 0 Å². The monoisotopic (exact) mass is 304 g/mol. The van der Waals surface area contributed by atoms with Crippen LogP contribution >= 0.6 is 0 Å². The molecule has 2 aliphatic carbocycles. The third kappa shape index (κ3) is 3.58. The first kappa shape index (κ1) is 16.1. The van der Waals surface area contributed by atoms with Crippen molar-refractivity contribution >= 4 is 10.8 Å². The quantitative estimate of drug-likeness (QED) is 0.423. The average Bonchev–Trinajstić information content (AvgIpc) is 2.74. The summed E-state index contributed by atoms with van der Waals surface area (Å²) >= 11 is 0. The van der Waals surface area contributed by atoms with E-state index in [1.54, 1.807) is 0 Å². The van der Waals surface area contributed by atoms with Crippen molar-refractivity contribution in [2.45, 2.75) is 58.8 Å². The van der Waals surface area contributed by atoms with E-state index in [9.17, 15) is 0 Å². The van der Waals surface area contributed by atoms with Crippen LogP contribution in [-0.2, 0) is 6.42 Å². The SMILES string of the molecule is CCCCCCc1ccc2cc3ccc(C(C)C)ccc-3c2c1. The van der Waals surface area contributed by atoms with Crippen LogP contribution in [0, 0.1) is 0 Å². The van der Waals surface area contributed by atoms with Crippen LogP contribution in [0.1, 0.15) is 63.5 Å². The first-order chi connectivity index (χ1) is 11.2. The van der Waals surface area contributed by atoms with Crippen molar-refractivity contribution in [3.63, 3.8) is 0 Å². The van der Waals surface area contributed by atoms with Gasteiger partial charge >= 0.3 is 0 Å². The Morgan fingerprint density at radius 3 is 2.43 bits per heavy atom. The van der Waals surface area contributed by atoms with E-state index >= 15 is 0 Å². The minimum Gasteiger partial charge on any atom is -0.0654 e. The van der Waals surface area contributed by atoms with E-state index < -0.39 is 0 Å². The lowest BCUT2D eigenvalue weighted by molar-refractivity contribution is 0.667. The van der Waals surface area contributed by atoms with Gasteiger partial charge in [-0.1, -0.05) is 82.5 Å². The van der Waals surface area contributed by atoms with Crippen LogP contribution in [-0.4, -0.2) is 0 Å². The zero-order valence-electron chi connectivity index (χ0n) is 14.7. The van der Waals surface area contributed by atoms with Gasteiger partial charge in [0.25, 0.3) is 0 Å². The molecule has 0 bridgehead atoms. The smallest absolute Gasteiger partial charge is 0.0102 e. The molecule has 1 aromatic rings. The molecule has 0 atom stereocenters. The fourth-order valence-corrected chi connectivity index (χ4v) is 3.40. The van der Waals surface area contributed by atoms with Gasteiger partial charge < -0.3 is 0 Å². The lowest BCUT2D eigenvalue weighted by atomic mass is 10.0. The average molecular weight is 304 g/mol. The Morgan fingerprint density at radius 2 is 1.65 bits per heavy atom. The Labute approximate surface area is 140 Å². The standard InChI is InChI=1S/C23H28/c1-4-5-6-7-8-18-9-10-21-16-20-12-11-19(17(2)3)13-14-22(20)23(21)15-18/h9-17H,4-8H2,1-3H3. The van der Waals surface area contributed by atoms with E-state index in [2.05, 4.69) is 69.3 Å². The molecule has 0 nitrogen and oxygen atoms in total. The molecule has 0 N–H and O–H groups in total. The van der Waals surface area contributed by atoms with Crippen molar-refractivity contribution in [3.8, 4) is 11.1 Å². The van der Waals surface area contributed by atoms with E-state index in [1.165, 1.54) is 65.1 Å². The molecule has 0 radical (unpaired) electrons. The number of aryl methyl sites for hydroxylation is 1. The summed E-state index contributed by atoms with van der Waals surface area (Å²) in [4.78, 5) is 0. The molecule has 0 amide bonds. The van der Waals surface area contributed by atoms with Crippen LogP contribution in [0.15, 0.2) is 48.5 Å². The van der Waals surface area contributed by atoms with Crippen molar-refractivity contribution in [2.75, 3.05) is 0 Å². The number of rotatable bonds is 6. The molecule has 0 fully saturated rings. The minimum atomic E-state index is 0.576. The van der Waals surface area contributed by atoms with Gasteiger partial charge in [-0.15, -0.1) is 0 Å². The third-order valence-corrected chi connectivity index (χ3v) is 4.91. The number of fused-ring (bicyclic) bond motifs is 3. The molecule has 3 rings (SSSR count). The summed E-state index contributed by atoms with van der Waals surface area (Å²) in [6.07, 6.45) is 6.53. The second-order valence-corrected chi connectivity index (χ2v) is 7.07. The lowest BCUT2D eigenvalue weighted by Gasteiger charge is -2.03. The van der Waals surface area contributed by atoms with Gasteiger partial charge in [0.05, 0.1) is 0 Å². The highest BCUT2D eigenvalue weighted by molar-refractivity contribution is 6.02. The summed E-state index contributed by atoms with van der Waals surface area (Å²) in [5.74, 6) is 0.576. The van der Waals surface area contributed by atoms with Gasteiger partial charge in [-0.2, -0.15) is 0 Å². The Balaban J connectivity index is 1.93. The number of benzene rings is 1. The van der Waals surface area contributed by atoms with E-state index in [4.69, 9.17) is 0 Å². The van der Waals surface area contributed by atoms with Gasteiger partial charge in [-0.05, 0) is 57.9 Å². The molecule has 0 saturated heterocycles. The molecule has 1 aromatic carbocycles.